The van der Waals surface area contributed by atoms with Crippen molar-refractivity contribution >= 4 is 29.1 Å². The third kappa shape index (κ3) is 4.81. The summed E-state index contributed by atoms with van der Waals surface area (Å²) in [6.45, 7) is 3.68. The van der Waals surface area contributed by atoms with Crippen LogP contribution in [0.1, 0.15) is 42.0 Å². The third-order valence-electron chi connectivity index (χ3n) is 6.16. The average molecular weight is 439 g/mol. The van der Waals surface area contributed by atoms with Crippen molar-refractivity contribution in [1.82, 2.24) is 9.91 Å². The first-order valence-corrected chi connectivity index (χ1v) is 11.0. The second-order valence-electron chi connectivity index (χ2n) is 8.35. The van der Waals surface area contributed by atoms with E-state index in [9.17, 15) is 9.59 Å². The summed E-state index contributed by atoms with van der Waals surface area (Å²) >= 11 is 6.41. The molecule has 0 aromatic heterocycles. The van der Waals surface area contributed by atoms with Crippen LogP contribution in [0.25, 0.3) is 0 Å². The normalized spacial score (nSPS) is 20.0. The summed E-state index contributed by atoms with van der Waals surface area (Å²) in [5.74, 6) is -0.396. The smallest absolute Gasteiger partial charge is 0.257 e. The van der Waals surface area contributed by atoms with Gasteiger partial charge in [-0.3, -0.25) is 14.5 Å². The predicted molar refractivity (Wildman–Crippen MR) is 122 cm³/mol. The summed E-state index contributed by atoms with van der Waals surface area (Å²) in [5.41, 5.74) is 9.33. The predicted octanol–water partition coefficient (Wildman–Crippen LogP) is 3.52. The number of amides is 2. The molecular weight excluding hydrogens is 412 g/mol. The van der Waals surface area contributed by atoms with Crippen molar-refractivity contribution in [2.24, 2.45) is 16.8 Å². The van der Waals surface area contributed by atoms with E-state index in [4.69, 9.17) is 22.4 Å². The summed E-state index contributed by atoms with van der Waals surface area (Å²) < 4.78 is 0. The van der Waals surface area contributed by atoms with Gasteiger partial charge in [-0.15, -0.1) is 0 Å². The van der Waals surface area contributed by atoms with E-state index in [2.05, 4.69) is 29.2 Å². The number of nitrogens with two attached hydrogens (primary N) is 1. The molecular formula is C24H27ClN4O2. The summed E-state index contributed by atoms with van der Waals surface area (Å²) in [5, 5.41) is 6.97. The molecule has 0 unspecified atom stereocenters. The molecule has 6 nitrogen and oxygen atoms in total. The van der Waals surface area contributed by atoms with Gasteiger partial charge in [0.15, 0.2) is 0 Å². The van der Waals surface area contributed by atoms with Crippen LogP contribution in [0, 0.1) is 12.8 Å². The number of benzene rings is 2. The molecule has 0 spiro atoms. The Kier molecular flexibility index (Phi) is 6.39. The van der Waals surface area contributed by atoms with Gasteiger partial charge in [-0.05, 0) is 44.5 Å². The number of carbonyl (C=O) groups excluding carboxylic acids is 2. The molecule has 7 heteroatoms. The lowest BCUT2D eigenvalue weighted by Crippen LogP contribution is -2.44. The van der Waals surface area contributed by atoms with Crippen molar-refractivity contribution < 1.29 is 9.59 Å². The van der Waals surface area contributed by atoms with Crippen molar-refractivity contribution in [1.29, 1.82) is 0 Å². The molecule has 1 saturated heterocycles. The molecule has 2 aliphatic rings. The van der Waals surface area contributed by atoms with E-state index in [1.165, 1.54) is 5.56 Å². The van der Waals surface area contributed by atoms with Crippen LogP contribution in [0.5, 0.6) is 0 Å². The number of halogens is 1. The van der Waals surface area contributed by atoms with Crippen molar-refractivity contribution in [3.8, 4) is 0 Å². The number of carbonyl (C=O) groups is 2. The minimum atomic E-state index is -0.251. The van der Waals surface area contributed by atoms with E-state index in [0.717, 1.165) is 16.8 Å². The fourth-order valence-electron chi connectivity index (χ4n) is 4.29. The second-order valence-corrected chi connectivity index (χ2v) is 8.76. The molecule has 1 fully saturated rings. The SMILES string of the molecule is Cc1ccc([C@@H]2CC(c3ccccc3Cl)=NN2C(=O)CN2CCC(C(N)=O)CC2)cc1. The number of primary amides is 1. The van der Waals surface area contributed by atoms with Crippen molar-refractivity contribution in [2.45, 2.75) is 32.2 Å². The Morgan fingerprint density at radius 1 is 1.10 bits per heavy atom. The number of likely N-dealkylation sites (tertiary alicyclic amines) is 1. The highest BCUT2D eigenvalue weighted by Gasteiger charge is 2.35. The molecule has 2 amide bonds. The molecule has 0 radical (unpaired) electrons. The molecule has 0 saturated carbocycles. The lowest BCUT2D eigenvalue weighted by Gasteiger charge is -2.31. The van der Waals surface area contributed by atoms with E-state index in [1.54, 1.807) is 5.01 Å². The number of hydrogen-bond donors (Lipinski definition) is 1. The monoisotopic (exact) mass is 438 g/mol. The van der Waals surface area contributed by atoms with Crippen LogP contribution in [0.4, 0.5) is 0 Å². The lowest BCUT2D eigenvalue weighted by atomic mass is 9.96. The lowest BCUT2D eigenvalue weighted by molar-refractivity contribution is -0.134. The van der Waals surface area contributed by atoms with Gasteiger partial charge in [0, 0.05) is 22.9 Å². The van der Waals surface area contributed by atoms with Crippen LogP contribution in [0.3, 0.4) is 0 Å². The molecule has 1 atom stereocenters. The highest BCUT2D eigenvalue weighted by Crippen LogP contribution is 2.34. The Hall–Kier alpha value is -2.70. The summed E-state index contributed by atoms with van der Waals surface area (Å²) in [6, 6.07) is 15.7. The summed E-state index contributed by atoms with van der Waals surface area (Å²) in [6.07, 6.45) is 2.00. The average Bonchev–Trinajstić information content (AvgIpc) is 3.20. The maximum atomic E-state index is 13.3. The maximum Gasteiger partial charge on any atom is 0.257 e. The minimum absolute atomic E-state index is 0.0508. The maximum absolute atomic E-state index is 13.3. The van der Waals surface area contributed by atoms with Crippen LogP contribution < -0.4 is 5.73 Å². The molecule has 0 bridgehead atoms. The minimum Gasteiger partial charge on any atom is -0.369 e. The van der Waals surface area contributed by atoms with Crippen LogP contribution in [0.2, 0.25) is 5.02 Å². The van der Waals surface area contributed by atoms with Crippen LogP contribution in [0.15, 0.2) is 53.6 Å². The zero-order valence-corrected chi connectivity index (χ0v) is 18.4. The molecule has 4 rings (SSSR count). The molecule has 162 valence electrons. The van der Waals surface area contributed by atoms with E-state index >= 15 is 0 Å². The Morgan fingerprint density at radius 2 is 1.77 bits per heavy atom. The van der Waals surface area contributed by atoms with Gasteiger partial charge in [0.25, 0.3) is 5.91 Å². The Labute approximate surface area is 187 Å². The molecule has 2 aromatic rings. The first-order valence-electron chi connectivity index (χ1n) is 10.6. The Bertz CT molecular complexity index is 997. The van der Waals surface area contributed by atoms with Crippen LogP contribution in [-0.2, 0) is 9.59 Å². The number of hydrogen-bond acceptors (Lipinski definition) is 4. The Balaban J connectivity index is 1.55. The fourth-order valence-corrected chi connectivity index (χ4v) is 4.53. The topological polar surface area (TPSA) is 79.0 Å². The molecule has 2 heterocycles. The highest BCUT2D eigenvalue weighted by atomic mass is 35.5. The molecule has 0 aliphatic carbocycles. The third-order valence-corrected chi connectivity index (χ3v) is 6.49. The van der Waals surface area contributed by atoms with Gasteiger partial charge >= 0.3 is 0 Å². The van der Waals surface area contributed by atoms with Gasteiger partial charge in [-0.25, -0.2) is 5.01 Å². The standard InChI is InChI=1S/C24H27ClN4O2/c1-16-6-8-17(9-7-16)22-14-21(19-4-2-3-5-20(19)25)27-29(22)23(30)15-28-12-10-18(11-13-28)24(26)31/h2-9,18,22H,10-15H2,1H3,(H2,26,31)/t22-/m0/s1. The van der Waals surface area contributed by atoms with Crippen molar-refractivity contribution in [2.75, 3.05) is 19.6 Å². The Morgan fingerprint density at radius 3 is 2.42 bits per heavy atom. The molecule has 2 aromatic carbocycles. The number of rotatable bonds is 5. The second kappa shape index (κ2) is 9.20. The molecule has 2 N–H and O–H groups in total. The first-order chi connectivity index (χ1) is 14.9. The summed E-state index contributed by atoms with van der Waals surface area (Å²) in [7, 11) is 0. The largest absolute Gasteiger partial charge is 0.369 e. The van der Waals surface area contributed by atoms with Crippen LogP contribution in [-0.4, -0.2) is 47.1 Å². The molecule has 31 heavy (non-hydrogen) atoms. The van der Waals surface area contributed by atoms with Gasteiger partial charge < -0.3 is 5.73 Å². The van der Waals surface area contributed by atoms with E-state index in [-0.39, 0.29) is 30.3 Å². The van der Waals surface area contributed by atoms with Crippen molar-refractivity contribution in [3.63, 3.8) is 0 Å². The van der Waals surface area contributed by atoms with Gasteiger partial charge in [0.1, 0.15) is 0 Å². The quantitative estimate of drug-likeness (QED) is 0.775. The van der Waals surface area contributed by atoms with Crippen LogP contribution >= 0.6 is 11.6 Å². The zero-order chi connectivity index (χ0) is 22.0. The van der Waals surface area contributed by atoms with Gasteiger partial charge in [0.05, 0.1) is 18.3 Å². The number of hydrazone groups is 1. The highest BCUT2D eigenvalue weighted by molar-refractivity contribution is 6.34. The van der Waals surface area contributed by atoms with E-state index < -0.39 is 0 Å². The number of piperidine rings is 1. The number of nitrogens with zero attached hydrogens (tertiary/aromatic N) is 3. The fraction of sp³-hybridized carbons (Fsp3) is 0.375. The zero-order valence-electron chi connectivity index (χ0n) is 17.6. The van der Waals surface area contributed by atoms with Gasteiger partial charge in [-0.2, -0.15) is 5.10 Å². The van der Waals surface area contributed by atoms with Gasteiger partial charge in [-0.1, -0.05) is 59.6 Å². The first kappa shape index (κ1) is 21.5. The summed E-state index contributed by atoms with van der Waals surface area (Å²) in [4.78, 5) is 26.8. The molecule has 2 aliphatic heterocycles. The van der Waals surface area contributed by atoms with E-state index in [1.807, 2.05) is 31.2 Å². The number of aryl methyl sites for hydroxylation is 1. The van der Waals surface area contributed by atoms with Crippen molar-refractivity contribution in [3.05, 3.63) is 70.2 Å². The van der Waals surface area contributed by atoms with Gasteiger partial charge in [0.2, 0.25) is 5.91 Å². The van der Waals surface area contributed by atoms with E-state index in [0.29, 0.717) is 37.4 Å².